The van der Waals surface area contributed by atoms with Crippen LogP contribution in [0, 0.1) is 6.92 Å². The van der Waals surface area contributed by atoms with Crippen molar-refractivity contribution in [2.45, 2.75) is 13.5 Å². The van der Waals surface area contributed by atoms with E-state index in [4.69, 9.17) is 9.72 Å². The monoisotopic (exact) mass is 411 g/mol. The molecule has 0 spiro atoms. The molecule has 0 N–H and O–H groups in total. The third-order valence-electron chi connectivity index (χ3n) is 5.01. The second kappa shape index (κ2) is 7.59. The molecule has 0 radical (unpaired) electrons. The highest BCUT2D eigenvalue weighted by molar-refractivity contribution is 7.88. The van der Waals surface area contributed by atoms with Gasteiger partial charge in [-0.15, -0.1) is 11.3 Å². The first-order chi connectivity index (χ1) is 12.9. The minimum Gasteiger partial charge on any atom is -0.378 e. The predicted molar refractivity (Wildman–Crippen MR) is 107 cm³/mol. The second-order valence-corrected chi connectivity index (χ2v) is 10.2. The number of hydrogen-bond acceptors (Lipinski definition) is 8. The van der Waals surface area contributed by atoms with Gasteiger partial charge in [0.15, 0.2) is 5.82 Å². The summed E-state index contributed by atoms with van der Waals surface area (Å²) in [5.74, 6) is 1.80. The zero-order chi connectivity index (χ0) is 19.0. The summed E-state index contributed by atoms with van der Waals surface area (Å²) in [7, 11) is -3.09. The highest BCUT2D eigenvalue weighted by atomic mass is 32.2. The number of aryl methyl sites for hydroxylation is 1. The molecule has 0 aromatic carbocycles. The van der Waals surface area contributed by atoms with E-state index in [1.54, 1.807) is 15.6 Å². The van der Waals surface area contributed by atoms with Crippen molar-refractivity contribution in [2.24, 2.45) is 0 Å². The van der Waals surface area contributed by atoms with Crippen LogP contribution in [0.25, 0.3) is 10.2 Å². The highest BCUT2D eigenvalue weighted by Gasteiger charge is 2.24. The maximum absolute atomic E-state index is 11.7. The molecule has 4 rings (SSSR count). The summed E-state index contributed by atoms with van der Waals surface area (Å²) in [5, 5.41) is 0. The molecule has 2 aliphatic rings. The third-order valence-corrected chi connectivity index (χ3v) is 7.42. The maximum Gasteiger partial charge on any atom is 0.211 e. The summed E-state index contributed by atoms with van der Waals surface area (Å²) >= 11 is 1.75. The molecule has 10 heteroatoms. The highest BCUT2D eigenvalue weighted by Crippen LogP contribution is 2.33. The number of nitrogens with zero attached hydrogens (tertiary/aromatic N) is 5. The van der Waals surface area contributed by atoms with E-state index in [9.17, 15) is 8.42 Å². The van der Waals surface area contributed by atoms with Gasteiger partial charge in [-0.05, 0) is 13.0 Å². The van der Waals surface area contributed by atoms with Gasteiger partial charge in [0.05, 0.1) is 29.7 Å². The number of hydrogen-bond donors (Lipinski definition) is 0. The first kappa shape index (κ1) is 19.0. The van der Waals surface area contributed by atoms with Crippen LogP contribution in [0.2, 0.25) is 0 Å². The van der Waals surface area contributed by atoms with Gasteiger partial charge >= 0.3 is 0 Å². The Kier molecular flexibility index (Phi) is 5.34. The van der Waals surface area contributed by atoms with Crippen molar-refractivity contribution in [1.29, 1.82) is 0 Å². The van der Waals surface area contributed by atoms with E-state index in [2.05, 4.69) is 20.9 Å². The van der Waals surface area contributed by atoms with E-state index in [1.165, 1.54) is 11.1 Å². The molecule has 8 nitrogen and oxygen atoms in total. The molecule has 2 aliphatic heterocycles. The van der Waals surface area contributed by atoms with Gasteiger partial charge in [-0.2, -0.15) is 4.31 Å². The van der Waals surface area contributed by atoms with Gasteiger partial charge in [0, 0.05) is 50.7 Å². The molecular formula is C17H25N5O3S2. The number of ether oxygens (including phenoxy) is 1. The van der Waals surface area contributed by atoms with Crippen LogP contribution < -0.4 is 4.90 Å². The van der Waals surface area contributed by atoms with Crippen molar-refractivity contribution in [2.75, 3.05) is 63.6 Å². The van der Waals surface area contributed by atoms with Gasteiger partial charge in [0.1, 0.15) is 5.82 Å². The Bertz CT molecular complexity index is 916. The number of sulfonamides is 1. The van der Waals surface area contributed by atoms with Crippen LogP contribution in [0.3, 0.4) is 0 Å². The number of fused-ring (bicyclic) bond motifs is 1. The summed E-state index contributed by atoms with van der Waals surface area (Å²) in [6.45, 7) is 8.54. The minimum absolute atomic E-state index is 0.557. The van der Waals surface area contributed by atoms with Gasteiger partial charge in [0.2, 0.25) is 10.0 Å². The fourth-order valence-electron chi connectivity index (χ4n) is 3.58. The molecule has 2 aromatic rings. The summed E-state index contributed by atoms with van der Waals surface area (Å²) < 4.78 is 31.5. The number of thiophene rings is 1. The number of rotatable bonds is 4. The molecule has 2 fully saturated rings. The molecular weight excluding hydrogens is 386 g/mol. The normalized spacial score (nSPS) is 20.4. The van der Waals surface area contributed by atoms with E-state index in [0.29, 0.717) is 13.1 Å². The molecule has 0 aliphatic carbocycles. The average molecular weight is 412 g/mol. The van der Waals surface area contributed by atoms with Crippen LogP contribution in [0.4, 0.5) is 5.82 Å². The molecule has 2 saturated heterocycles. The lowest BCUT2D eigenvalue weighted by Gasteiger charge is -2.32. The molecule has 148 valence electrons. The minimum atomic E-state index is -3.09. The van der Waals surface area contributed by atoms with Crippen molar-refractivity contribution < 1.29 is 13.2 Å². The fourth-order valence-corrected chi connectivity index (χ4v) is 5.57. The predicted octanol–water partition coefficient (Wildman–Crippen LogP) is 0.914. The second-order valence-electron chi connectivity index (χ2n) is 7.06. The van der Waals surface area contributed by atoms with E-state index >= 15 is 0 Å². The topological polar surface area (TPSA) is 78.9 Å². The molecule has 0 atom stereocenters. The molecule has 0 unspecified atom stereocenters. The van der Waals surface area contributed by atoms with Crippen LogP contribution in [-0.2, 0) is 21.3 Å². The van der Waals surface area contributed by atoms with Crippen LogP contribution in [0.1, 0.15) is 10.7 Å². The van der Waals surface area contributed by atoms with Crippen LogP contribution in [0.15, 0.2) is 6.07 Å². The molecule has 27 heavy (non-hydrogen) atoms. The van der Waals surface area contributed by atoms with Crippen molar-refractivity contribution in [1.82, 2.24) is 19.2 Å². The third kappa shape index (κ3) is 4.24. The first-order valence-electron chi connectivity index (χ1n) is 9.17. The van der Waals surface area contributed by atoms with Crippen LogP contribution in [0.5, 0.6) is 0 Å². The smallest absolute Gasteiger partial charge is 0.211 e. The van der Waals surface area contributed by atoms with E-state index in [0.717, 1.165) is 67.8 Å². The number of aromatic nitrogens is 2. The van der Waals surface area contributed by atoms with Crippen molar-refractivity contribution in [3.63, 3.8) is 0 Å². The Morgan fingerprint density at radius 2 is 1.81 bits per heavy atom. The lowest BCUT2D eigenvalue weighted by Crippen LogP contribution is -2.47. The van der Waals surface area contributed by atoms with Crippen molar-refractivity contribution >= 4 is 37.4 Å². The Hall–Kier alpha value is -1.33. The molecule has 0 amide bonds. The van der Waals surface area contributed by atoms with Gasteiger partial charge < -0.3 is 9.64 Å². The van der Waals surface area contributed by atoms with E-state index < -0.39 is 10.0 Å². The Labute approximate surface area is 163 Å². The van der Waals surface area contributed by atoms with Crippen molar-refractivity contribution in [3.05, 3.63) is 16.8 Å². The summed E-state index contributed by atoms with van der Waals surface area (Å²) in [5.41, 5.74) is 0.999. The van der Waals surface area contributed by atoms with Crippen molar-refractivity contribution in [3.8, 4) is 0 Å². The van der Waals surface area contributed by atoms with E-state index in [-0.39, 0.29) is 0 Å². The first-order valence-corrected chi connectivity index (χ1v) is 11.8. The van der Waals surface area contributed by atoms with Gasteiger partial charge in [-0.25, -0.2) is 18.4 Å². The molecule has 0 bridgehead atoms. The number of anilines is 1. The Morgan fingerprint density at radius 3 is 2.48 bits per heavy atom. The number of piperazine rings is 1. The number of morpholine rings is 1. The van der Waals surface area contributed by atoms with Gasteiger partial charge in [-0.1, -0.05) is 0 Å². The SMILES string of the molecule is Cc1nc(N2CCOCC2)c2sc(CN3CCN(S(C)(=O)=O)CC3)cc2n1. The van der Waals surface area contributed by atoms with Gasteiger partial charge in [-0.3, -0.25) is 4.90 Å². The zero-order valence-electron chi connectivity index (χ0n) is 15.7. The zero-order valence-corrected chi connectivity index (χ0v) is 17.4. The fraction of sp³-hybridized carbons (Fsp3) is 0.647. The quantitative estimate of drug-likeness (QED) is 0.740. The summed E-state index contributed by atoms with van der Waals surface area (Å²) in [6.07, 6.45) is 1.28. The standard InChI is InChI=1S/C17H25N5O3S2/c1-13-18-15-11-14(12-20-3-5-22(6-4-20)27(2,23)24)26-16(15)17(19-13)21-7-9-25-10-8-21/h11H,3-10,12H2,1-2H3. The van der Waals surface area contributed by atoms with Crippen LogP contribution in [-0.4, -0.2) is 86.3 Å². The van der Waals surface area contributed by atoms with Gasteiger partial charge in [0.25, 0.3) is 0 Å². The Morgan fingerprint density at radius 1 is 1.11 bits per heavy atom. The largest absolute Gasteiger partial charge is 0.378 e. The lowest BCUT2D eigenvalue weighted by atomic mass is 10.3. The lowest BCUT2D eigenvalue weighted by molar-refractivity contribution is 0.122. The molecule has 4 heterocycles. The maximum atomic E-state index is 11.7. The summed E-state index contributed by atoms with van der Waals surface area (Å²) in [6, 6.07) is 2.15. The summed E-state index contributed by atoms with van der Waals surface area (Å²) in [4.78, 5) is 15.2. The Balaban J connectivity index is 1.52. The molecule has 0 saturated carbocycles. The van der Waals surface area contributed by atoms with E-state index in [1.807, 2.05) is 6.92 Å². The average Bonchev–Trinajstić information content (AvgIpc) is 3.03. The molecule has 2 aromatic heterocycles. The van der Waals surface area contributed by atoms with Crippen LogP contribution >= 0.6 is 11.3 Å².